The highest BCUT2D eigenvalue weighted by Crippen LogP contribution is 2.28. The number of rotatable bonds is 4. The molecule has 6 nitrogen and oxygen atoms in total. The van der Waals surface area contributed by atoms with Gasteiger partial charge in [0.25, 0.3) is 15.7 Å². The highest BCUT2D eigenvalue weighted by Gasteiger charge is 2.25. The van der Waals surface area contributed by atoms with Crippen molar-refractivity contribution < 1.29 is 13.3 Å². The van der Waals surface area contributed by atoms with Crippen molar-refractivity contribution in [3.05, 3.63) is 61.2 Å². The number of hydrogen-bond donors (Lipinski definition) is 1. The number of anilines is 1. The second-order valence-corrected chi connectivity index (χ2v) is 7.20. The summed E-state index contributed by atoms with van der Waals surface area (Å²) in [5, 5.41) is 11.4. The number of para-hydroxylation sites is 1. The minimum Gasteiger partial charge on any atom is -0.278 e. The van der Waals surface area contributed by atoms with Crippen molar-refractivity contribution in [2.24, 2.45) is 0 Å². The van der Waals surface area contributed by atoms with E-state index in [4.69, 9.17) is 11.6 Å². The summed E-state index contributed by atoms with van der Waals surface area (Å²) < 4.78 is 27.5. The largest absolute Gasteiger partial charge is 0.289 e. The van der Waals surface area contributed by atoms with Crippen molar-refractivity contribution in [1.82, 2.24) is 0 Å². The Labute approximate surface area is 139 Å². The Morgan fingerprint density at radius 1 is 1.19 bits per heavy atom. The molecule has 0 aromatic heterocycles. The summed E-state index contributed by atoms with van der Waals surface area (Å²) in [6, 6.07) is 9.76. The van der Waals surface area contributed by atoms with Crippen LogP contribution in [0.1, 0.15) is 0 Å². The highest BCUT2D eigenvalue weighted by atomic mass is 127. The van der Waals surface area contributed by atoms with Crippen LogP contribution < -0.4 is 4.72 Å². The second kappa shape index (κ2) is 6.16. The molecule has 9 heteroatoms. The van der Waals surface area contributed by atoms with Gasteiger partial charge in [-0.15, -0.1) is 0 Å². The van der Waals surface area contributed by atoms with Gasteiger partial charge in [-0.25, -0.2) is 8.42 Å². The van der Waals surface area contributed by atoms with Crippen LogP contribution in [-0.2, 0) is 10.0 Å². The van der Waals surface area contributed by atoms with E-state index in [0.29, 0.717) is 14.3 Å². The zero-order valence-corrected chi connectivity index (χ0v) is 14.0. The molecule has 0 unspecified atom stereocenters. The topological polar surface area (TPSA) is 89.3 Å². The van der Waals surface area contributed by atoms with E-state index in [0.717, 1.165) is 6.07 Å². The molecule has 2 aromatic rings. The van der Waals surface area contributed by atoms with Gasteiger partial charge in [-0.3, -0.25) is 14.8 Å². The molecule has 0 atom stereocenters. The normalized spacial score (nSPS) is 11.1. The number of nitro groups is 1. The maximum absolute atomic E-state index is 12.3. The minimum absolute atomic E-state index is 0.304. The summed E-state index contributed by atoms with van der Waals surface area (Å²) in [6.45, 7) is 0. The predicted octanol–water partition coefficient (Wildman–Crippen LogP) is 3.65. The molecule has 21 heavy (non-hydrogen) atoms. The monoisotopic (exact) mass is 438 g/mol. The molecule has 0 amide bonds. The maximum atomic E-state index is 12.3. The van der Waals surface area contributed by atoms with Crippen LogP contribution in [0, 0.1) is 13.7 Å². The van der Waals surface area contributed by atoms with Crippen molar-refractivity contribution in [3.63, 3.8) is 0 Å². The fraction of sp³-hybridized carbons (Fsp3) is 0. The molecule has 0 spiro atoms. The van der Waals surface area contributed by atoms with E-state index >= 15 is 0 Å². The van der Waals surface area contributed by atoms with Crippen LogP contribution >= 0.6 is 34.2 Å². The second-order valence-electron chi connectivity index (χ2n) is 3.95. The third kappa shape index (κ3) is 3.63. The Morgan fingerprint density at radius 2 is 1.86 bits per heavy atom. The maximum Gasteiger partial charge on any atom is 0.289 e. The first-order valence-electron chi connectivity index (χ1n) is 5.52. The van der Waals surface area contributed by atoms with Gasteiger partial charge >= 0.3 is 0 Å². The van der Waals surface area contributed by atoms with Gasteiger partial charge in [0.2, 0.25) is 0 Å². The quantitative estimate of drug-likeness (QED) is 0.448. The number of nitro benzene ring substituents is 1. The lowest BCUT2D eigenvalue weighted by molar-refractivity contribution is -0.387. The Kier molecular flexibility index (Phi) is 4.69. The molecule has 0 heterocycles. The van der Waals surface area contributed by atoms with Gasteiger partial charge in [0, 0.05) is 14.7 Å². The zero-order valence-electron chi connectivity index (χ0n) is 10.3. The third-order valence-electron chi connectivity index (χ3n) is 2.53. The van der Waals surface area contributed by atoms with Crippen molar-refractivity contribution in [3.8, 4) is 0 Å². The van der Waals surface area contributed by atoms with E-state index in [1.54, 1.807) is 6.07 Å². The number of halogens is 2. The zero-order chi connectivity index (χ0) is 15.6. The van der Waals surface area contributed by atoms with Crippen molar-refractivity contribution in [2.45, 2.75) is 4.90 Å². The molecule has 0 saturated heterocycles. The summed E-state index contributed by atoms with van der Waals surface area (Å²) in [4.78, 5) is 9.80. The van der Waals surface area contributed by atoms with E-state index in [9.17, 15) is 18.5 Å². The Bertz CT molecular complexity index is 811. The summed E-state index contributed by atoms with van der Waals surface area (Å²) >= 11 is 7.72. The lowest BCUT2D eigenvalue weighted by Crippen LogP contribution is -2.15. The first-order valence-corrected chi connectivity index (χ1v) is 8.46. The van der Waals surface area contributed by atoms with Crippen LogP contribution in [0.4, 0.5) is 11.4 Å². The van der Waals surface area contributed by atoms with Gasteiger partial charge < -0.3 is 0 Å². The van der Waals surface area contributed by atoms with Crippen LogP contribution in [0.2, 0.25) is 5.02 Å². The van der Waals surface area contributed by atoms with Gasteiger partial charge in [-0.05, 0) is 46.9 Å². The van der Waals surface area contributed by atoms with E-state index < -0.39 is 20.6 Å². The van der Waals surface area contributed by atoms with E-state index in [1.165, 1.54) is 30.3 Å². The van der Waals surface area contributed by atoms with Gasteiger partial charge in [0.15, 0.2) is 4.90 Å². The van der Waals surface area contributed by atoms with Crippen LogP contribution in [0.15, 0.2) is 47.4 Å². The lowest BCUT2D eigenvalue weighted by atomic mass is 10.3. The fourth-order valence-electron chi connectivity index (χ4n) is 1.61. The first kappa shape index (κ1) is 16.0. The molecule has 0 radical (unpaired) electrons. The van der Waals surface area contributed by atoms with Gasteiger partial charge in [0.05, 0.1) is 10.6 Å². The average molecular weight is 439 g/mol. The van der Waals surface area contributed by atoms with Crippen LogP contribution in [0.5, 0.6) is 0 Å². The molecule has 2 rings (SSSR count). The number of nitrogens with zero attached hydrogens (tertiary/aromatic N) is 1. The van der Waals surface area contributed by atoms with E-state index in [1.807, 2.05) is 22.6 Å². The molecular weight excluding hydrogens is 431 g/mol. The highest BCUT2D eigenvalue weighted by molar-refractivity contribution is 14.1. The molecule has 0 bridgehead atoms. The summed E-state index contributed by atoms with van der Waals surface area (Å²) in [5.41, 5.74) is -0.174. The standard InChI is InChI=1S/C12H8ClIN2O4S/c13-8-5-6-10(9(14)7-8)15-21(19,20)12-4-2-1-3-11(12)16(17)18/h1-7,15H. The first-order chi connectivity index (χ1) is 9.81. The molecule has 1 N–H and O–H groups in total. The fourth-order valence-corrected chi connectivity index (χ4v) is 4.05. The smallest absolute Gasteiger partial charge is 0.278 e. The van der Waals surface area contributed by atoms with E-state index in [-0.39, 0.29) is 4.90 Å². The van der Waals surface area contributed by atoms with Gasteiger partial charge in [-0.2, -0.15) is 0 Å². The summed E-state index contributed by atoms with van der Waals surface area (Å²) in [5.74, 6) is 0. The Hall–Kier alpha value is -1.39. The number of sulfonamides is 1. The summed E-state index contributed by atoms with van der Waals surface area (Å²) in [7, 11) is -4.06. The number of nitrogens with one attached hydrogen (secondary N) is 1. The van der Waals surface area contributed by atoms with Crippen molar-refractivity contribution in [1.29, 1.82) is 0 Å². The summed E-state index contributed by atoms with van der Waals surface area (Å²) in [6.07, 6.45) is 0. The Balaban J connectivity index is 2.46. The van der Waals surface area contributed by atoms with Crippen LogP contribution in [0.25, 0.3) is 0 Å². The molecule has 0 saturated carbocycles. The van der Waals surface area contributed by atoms with Gasteiger partial charge in [-0.1, -0.05) is 23.7 Å². The molecule has 0 aliphatic carbocycles. The predicted molar refractivity (Wildman–Crippen MR) is 88.1 cm³/mol. The van der Waals surface area contributed by atoms with Crippen LogP contribution in [0.3, 0.4) is 0 Å². The molecule has 0 aliphatic rings. The molecule has 0 aliphatic heterocycles. The molecule has 0 fully saturated rings. The lowest BCUT2D eigenvalue weighted by Gasteiger charge is -2.10. The third-order valence-corrected chi connectivity index (χ3v) is 5.07. The van der Waals surface area contributed by atoms with Crippen molar-refractivity contribution in [2.75, 3.05) is 4.72 Å². The molecule has 2 aromatic carbocycles. The minimum atomic E-state index is -4.06. The van der Waals surface area contributed by atoms with Gasteiger partial charge in [0.1, 0.15) is 0 Å². The molecule has 110 valence electrons. The van der Waals surface area contributed by atoms with Crippen LogP contribution in [-0.4, -0.2) is 13.3 Å². The SMILES string of the molecule is O=[N+]([O-])c1ccccc1S(=O)(=O)Nc1ccc(Cl)cc1I. The molecular formula is C12H8ClIN2O4S. The van der Waals surface area contributed by atoms with Crippen molar-refractivity contribution >= 4 is 55.6 Å². The number of hydrogen-bond acceptors (Lipinski definition) is 4. The number of benzene rings is 2. The average Bonchev–Trinajstić information content (AvgIpc) is 2.42. The Morgan fingerprint density at radius 3 is 2.48 bits per heavy atom. The van der Waals surface area contributed by atoms with E-state index in [2.05, 4.69) is 4.72 Å².